The highest BCUT2D eigenvalue weighted by molar-refractivity contribution is 6.41. The Morgan fingerprint density at radius 2 is 1.83 bits per heavy atom. The molecule has 0 aliphatic carbocycles. The molecule has 23 heavy (non-hydrogen) atoms. The van der Waals surface area contributed by atoms with E-state index in [1.165, 1.54) is 12.3 Å². The van der Waals surface area contributed by atoms with Gasteiger partial charge in [0.25, 0.3) is 5.56 Å². The number of aromatic nitrogens is 2. The van der Waals surface area contributed by atoms with Crippen LogP contribution in [0.25, 0.3) is 11.0 Å². The van der Waals surface area contributed by atoms with Gasteiger partial charge in [-0.15, -0.1) is 0 Å². The molecular formula is C16H12Cl2N2O3. The first-order valence-corrected chi connectivity index (χ1v) is 7.57. The van der Waals surface area contributed by atoms with E-state index in [1.54, 1.807) is 6.07 Å². The smallest absolute Gasteiger partial charge is 0.336 e. The predicted octanol–water partition coefficient (Wildman–Crippen LogP) is 3.32. The molecule has 0 unspecified atom stereocenters. The van der Waals surface area contributed by atoms with Crippen molar-refractivity contribution in [1.82, 2.24) is 9.78 Å². The molecule has 2 aromatic heterocycles. The summed E-state index contributed by atoms with van der Waals surface area (Å²) < 4.78 is 6.40. The second-order valence-electron chi connectivity index (χ2n) is 5.29. The molecule has 0 N–H and O–H groups in total. The van der Waals surface area contributed by atoms with Gasteiger partial charge in [0, 0.05) is 11.5 Å². The van der Waals surface area contributed by atoms with Gasteiger partial charge in [-0.2, -0.15) is 5.10 Å². The number of aryl methyl sites for hydroxylation is 2. The summed E-state index contributed by atoms with van der Waals surface area (Å²) in [6.45, 7) is 4.00. The molecule has 0 saturated heterocycles. The monoisotopic (exact) mass is 350 g/mol. The Bertz CT molecular complexity index is 1040. The first-order valence-electron chi connectivity index (χ1n) is 6.82. The number of benzene rings is 1. The summed E-state index contributed by atoms with van der Waals surface area (Å²) in [6.07, 6.45) is 1.30. The van der Waals surface area contributed by atoms with Crippen LogP contribution in [0.5, 0.6) is 0 Å². The van der Waals surface area contributed by atoms with E-state index in [0.717, 1.165) is 21.2 Å². The molecule has 118 valence electrons. The van der Waals surface area contributed by atoms with E-state index in [0.29, 0.717) is 11.1 Å². The lowest BCUT2D eigenvalue weighted by atomic mass is 10.0. The summed E-state index contributed by atoms with van der Waals surface area (Å²) >= 11 is 11.6. The second-order valence-corrected chi connectivity index (χ2v) is 6.08. The molecule has 7 heteroatoms. The largest absolute Gasteiger partial charge is 0.423 e. The molecule has 0 radical (unpaired) electrons. The van der Waals surface area contributed by atoms with E-state index in [4.69, 9.17) is 27.6 Å². The molecule has 3 rings (SSSR count). The highest BCUT2D eigenvalue weighted by Gasteiger charge is 2.12. The minimum absolute atomic E-state index is 0.0943. The van der Waals surface area contributed by atoms with E-state index in [9.17, 15) is 9.59 Å². The van der Waals surface area contributed by atoms with Crippen LogP contribution in [0.3, 0.4) is 0 Å². The second kappa shape index (κ2) is 5.83. The van der Waals surface area contributed by atoms with Gasteiger partial charge >= 0.3 is 5.63 Å². The Balaban J connectivity index is 2.21. The van der Waals surface area contributed by atoms with Crippen molar-refractivity contribution in [3.8, 4) is 0 Å². The van der Waals surface area contributed by atoms with Crippen molar-refractivity contribution in [2.75, 3.05) is 0 Å². The molecule has 0 amide bonds. The lowest BCUT2D eigenvalue weighted by molar-refractivity contribution is 0.554. The molecule has 0 saturated carbocycles. The van der Waals surface area contributed by atoms with Gasteiger partial charge < -0.3 is 4.42 Å². The van der Waals surface area contributed by atoms with Gasteiger partial charge in [-0.3, -0.25) is 4.79 Å². The van der Waals surface area contributed by atoms with Gasteiger partial charge in [0.05, 0.1) is 17.8 Å². The van der Waals surface area contributed by atoms with Crippen LogP contribution in [0, 0.1) is 13.8 Å². The zero-order valence-electron chi connectivity index (χ0n) is 12.4. The van der Waals surface area contributed by atoms with E-state index in [2.05, 4.69) is 5.10 Å². The van der Waals surface area contributed by atoms with E-state index < -0.39 is 11.2 Å². The maximum Gasteiger partial charge on any atom is 0.336 e. The van der Waals surface area contributed by atoms with Gasteiger partial charge in [0.15, 0.2) is 0 Å². The van der Waals surface area contributed by atoms with Crippen molar-refractivity contribution in [2.24, 2.45) is 0 Å². The number of hydrogen-bond acceptors (Lipinski definition) is 4. The normalized spacial score (nSPS) is 11.1. The fourth-order valence-electron chi connectivity index (χ4n) is 2.33. The number of nitrogens with zero attached hydrogens (tertiary/aromatic N) is 2. The molecule has 3 aromatic rings. The number of hydrogen-bond donors (Lipinski definition) is 0. The third-order valence-electron chi connectivity index (χ3n) is 3.71. The Hall–Kier alpha value is -2.11. The fraction of sp³-hybridized carbons (Fsp3) is 0.188. The minimum atomic E-state index is -0.510. The molecule has 0 fully saturated rings. The zero-order chi connectivity index (χ0) is 16.7. The summed E-state index contributed by atoms with van der Waals surface area (Å²) in [7, 11) is 0. The van der Waals surface area contributed by atoms with Gasteiger partial charge in [0.1, 0.15) is 10.6 Å². The summed E-state index contributed by atoms with van der Waals surface area (Å²) in [5.41, 5.74) is 2.19. The van der Waals surface area contributed by atoms with Crippen molar-refractivity contribution >= 4 is 34.2 Å². The van der Waals surface area contributed by atoms with Crippen molar-refractivity contribution in [3.63, 3.8) is 0 Å². The Kier molecular flexibility index (Phi) is 4.00. The molecule has 0 aliphatic heterocycles. The first-order chi connectivity index (χ1) is 10.9. The molecular weight excluding hydrogens is 339 g/mol. The average molecular weight is 351 g/mol. The van der Waals surface area contributed by atoms with Crippen LogP contribution in [0.1, 0.15) is 16.7 Å². The van der Waals surface area contributed by atoms with Crippen LogP contribution in [-0.4, -0.2) is 9.78 Å². The van der Waals surface area contributed by atoms with Gasteiger partial charge in [-0.25, -0.2) is 9.48 Å². The quantitative estimate of drug-likeness (QED) is 0.665. The third-order valence-corrected chi connectivity index (χ3v) is 4.46. The SMILES string of the molecule is Cc1cc2oc(=O)cc(Cn3ncc(Cl)c(Cl)c3=O)c2cc1C. The predicted molar refractivity (Wildman–Crippen MR) is 89.6 cm³/mol. The van der Waals surface area contributed by atoms with E-state index in [1.807, 2.05) is 19.9 Å². The van der Waals surface area contributed by atoms with Crippen LogP contribution < -0.4 is 11.2 Å². The number of halogens is 2. The maximum atomic E-state index is 12.1. The average Bonchev–Trinajstić information content (AvgIpc) is 2.50. The van der Waals surface area contributed by atoms with E-state index >= 15 is 0 Å². The molecule has 0 atom stereocenters. The van der Waals surface area contributed by atoms with E-state index in [-0.39, 0.29) is 16.6 Å². The fourth-order valence-corrected chi connectivity index (χ4v) is 2.60. The third kappa shape index (κ3) is 2.90. The van der Waals surface area contributed by atoms with Gasteiger partial charge in [-0.05, 0) is 42.7 Å². The first kappa shape index (κ1) is 15.8. The molecule has 0 bridgehead atoms. The summed E-state index contributed by atoms with van der Waals surface area (Å²) in [5.74, 6) is 0. The summed E-state index contributed by atoms with van der Waals surface area (Å²) in [4.78, 5) is 23.9. The maximum absolute atomic E-state index is 12.1. The Labute approximate surface area is 141 Å². The zero-order valence-corrected chi connectivity index (χ0v) is 13.9. The summed E-state index contributed by atoms with van der Waals surface area (Å²) in [6, 6.07) is 5.08. The topological polar surface area (TPSA) is 65.1 Å². The molecule has 0 aliphatic rings. The molecule has 2 heterocycles. The molecule has 0 spiro atoms. The van der Waals surface area contributed by atoms with Crippen molar-refractivity contribution in [3.05, 3.63) is 71.9 Å². The Morgan fingerprint density at radius 3 is 2.57 bits per heavy atom. The standard InChI is InChI=1S/C16H12Cl2N2O3/c1-8-3-11-10(5-14(21)23-13(11)4-9(8)2)7-20-16(22)15(18)12(17)6-19-20/h3-6H,7H2,1-2H3. The summed E-state index contributed by atoms with van der Waals surface area (Å²) in [5, 5.41) is 4.72. The van der Waals surface area contributed by atoms with Crippen molar-refractivity contribution in [2.45, 2.75) is 20.4 Å². The number of rotatable bonds is 2. The minimum Gasteiger partial charge on any atom is -0.423 e. The van der Waals surface area contributed by atoms with Crippen LogP contribution in [0.4, 0.5) is 0 Å². The highest BCUT2D eigenvalue weighted by atomic mass is 35.5. The number of fused-ring (bicyclic) bond motifs is 1. The van der Waals surface area contributed by atoms with Crippen molar-refractivity contribution in [1.29, 1.82) is 0 Å². The van der Waals surface area contributed by atoms with Gasteiger partial charge in [-0.1, -0.05) is 23.2 Å². The van der Waals surface area contributed by atoms with Crippen LogP contribution in [-0.2, 0) is 6.54 Å². The lowest BCUT2D eigenvalue weighted by Gasteiger charge is -2.09. The van der Waals surface area contributed by atoms with Crippen LogP contribution >= 0.6 is 23.2 Å². The van der Waals surface area contributed by atoms with Gasteiger partial charge in [0.2, 0.25) is 0 Å². The molecule has 1 aromatic carbocycles. The molecule has 5 nitrogen and oxygen atoms in total. The Morgan fingerprint density at radius 1 is 1.13 bits per heavy atom. The lowest BCUT2D eigenvalue weighted by Crippen LogP contribution is -2.24. The van der Waals surface area contributed by atoms with Crippen molar-refractivity contribution < 1.29 is 4.42 Å². The highest BCUT2D eigenvalue weighted by Crippen LogP contribution is 2.22. The van der Waals surface area contributed by atoms with Crippen LogP contribution in [0.15, 0.2) is 38.4 Å². The van der Waals surface area contributed by atoms with Crippen LogP contribution in [0.2, 0.25) is 10.0 Å².